The Hall–Kier alpha value is -2.81. The summed E-state index contributed by atoms with van der Waals surface area (Å²) in [6, 6.07) is 8.45. The molecule has 4 rings (SSSR count). The van der Waals surface area contributed by atoms with Crippen LogP contribution in [0, 0.1) is 13.8 Å². The number of carbonyl (C=O) groups excluding carboxylic acids is 1. The zero-order chi connectivity index (χ0) is 20.1. The fraction of sp³-hybridized carbons (Fsp3) is 0.368. The highest BCUT2D eigenvalue weighted by molar-refractivity contribution is 7.91. The van der Waals surface area contributed by atoms with Crippen molar-refractivity contribution in [1.29, 1.82) is 0 Å². The molecule has 9 heteroatoms. The minimum atomic E-state index is -3.03. The molecule has 1 fully saturated rings. The lowest BCUT2D eigenvalue weighted by Gasteiger charge is -2.16. The molecule has 1 aliphatic rings. The molecule has 0 amide bonds. The van der Waals surface area contributed by atoms with Crippen LogP contribution in [0.2, 0.25) is 0 Å². The van der Waals surface area contributed by atoms with E-state index in [1.165, 1.54) is 0 Å². The van der Waals surface area contributed by atoms with E-state index in [-0.39, 0.29) is 35.4 Å². The van der Waals surface area contributed by atoms with E-state index in [4.69, 9.17) is 0 Å². The lowest BCUT2D eigenvalue weighted by molar-refractivity contribution is 0.0964. The first-order valence-corrected chi connectivity index (χ1v) is 10.8. The molecule has 0 N–H and O–H groups in total. The summed E-state index contributed by atoms with van der Waals surface area (Å²) in [4.78, 5) is 25.4. The van der Waals surface area contributed by atoms with Crippen molar-refractivity contribution in [2.45, 2.75) is 32.9 Å². The summed E-state index contributed by atoms with van der Waals surface area (Å²) in [5.74, 6) is -0.000889. The van der Waals surface area contributed by atoms with E-state index in [1.807, 2.05) is 11.5 Å². The summed E-state index contributed by atoms with van der Waals surface area (Å²) in [7, 11) is -3.03. The van der Waals surface area contributed by atoms with Crippen molar-refractivity contribution in [3.05, 3.63) is 57.6 Å². The molecule has 3 heterocycles. The third kappa shape index (κ3) is 3.15. The lowest BCUT2D eigenvalue weighted by Crippen LogP contribution is -2.28. The molecule has 0 saturated carbocycles. The standard InChI is InChI=1S/C19H20N4O4S/c1-12-9-16(13(2)23(12)14-7-8-28(26,27)11-14)18(24)10-22-19(25)15-5-3-4-6-17(15)20-21-22/h3-6,9,14H,7-8,10-11H2,1-2H3. The SMILES string of the molecule is Cc1cc(C(=O)Cn2nnc3ccccc3c2=O)c(C)n1C1CCS(=O)(=O)C1. The molecule has 1 unspecified atom stereocenters. The second-order valence-electron chi connectivity index (χ2n) is 7.20. The van der Waals surface area contributed by atoms with Crippen LogP contribution in [0.5, 0.6) is 0 Å². The van der Waals surface area contributed by atoms with Crippen LogP contribution in [-0.4, -0.2) is 45.3 Å². The quantitative estimate of drug-likeness (QED) is 0.614. The maximum atomic E-state index is 12.9. The summed E-state index contributed by atoms with van der Waals surface area (Å²) in [6.07, 6.45) is 0.544. The number of carbonyl (C=O) groups is 1. The molecule has 3 aromatic rings. The van der Waals surface area contributed by atoms with E-state index < -0.39 is 9.84 Å². The number of rotatable bonds is 4. The maximum Gasteiger partial charge on any atom is 0.278 e. The van der Waals surface area contributed by atoms with Crippen molar-refractivity contribution in [1.82, 2.24) is 19.6 Å². The minimum absolute atomic E-state index is 0.0899. The molecular weight excluding hydrogens is 380 g/mol. The molecule has 146 valence electrons. The van der Waals surface area contributed by atoms with Gasteiger partial charge in [-0.1, -0.05) is 17.3 Å². The number of ketones is 1. The number of aromatic nitrogens is 4. The number of hydrogen-bond donors (Lipinski definition) is 0. The van der Waals surface area contributed by atoms with Gasteiger partial charge in [0.2, 0.25) is 0 Å². The molecule has 0 radical (unpaired) electrons. The smallest absolute Gasteiger partial charge is 0.278 e. The molecular formula is C19H20N4O4S. The maximum absolute atomic E-state index is 12.9. The fourth-order valence-electron chi connectivity index (χ4n) is 3.95. The predicted molar refractivity (Wildman–Crippen MR) is 104 cm³/mol. The lowest BCUT2D eigenvalue weighted by atomic mass is 10.1. The first kappa shape index (κ1) is 18.5. The van der Waals surface area contributed by atoms with Crippen molar-refractivity contribution >= 4 is 26.5 Å². The fourth-order valence-corrected chi connectivity index (χ4v) is 5.65. The number of nitrogens with zero attached hydrogens (tertiary/aromatic N) is 4. The van der Waals surface area contributed by atoms with Crippen LogP contribution in [0.1, 0.15) is 34.2 Å². The highest BCUT2D eigenvalue weighted by Gasteiger charge is 2.31. The topological polar surface area (TPSA) is 104 Å². The van der Waals surface area contributed by atoms with E-state index in [0.717, 1.165) is 10.4 Å². The number of sulfone groups is 1. The minimum Gasteiger partial charge on any atom is -0.344 e. The first-order chi connectivity index (χ1) is 13.3. The van der Waals surface area contributed by atoms with E-state index >= 15 is 0 Å². The number of aryl methyl sites for hydroxylation is 1. The Bertz CT molecular complexity index is 1260. The summed E-state index contributed by atoms with van der Waals surface area (Å²) >= 11 is 0. The summed E-state index contributed by atoms with van der Waals surface area (Å²) in [5, 5.41) is 8.29. The third-order valence-electron chi connectivity index (χ3n) is 5.28. The van der Waals surface area contributed by atoms with E-state index in [0.29, 0.717) is 28.6 Å². The monoisotopic (exact) mass is 400 g/mol. The van der Waals surface area contributed by atoms with Crippen LogP contribution in [0.25, 0.3) is 10.9 Å². The summed E-state index contributed by atoms with van der Waals surface area (Å²) < 4.78 is 26.6. The van der Waals surface area contributed by atoms with Gasteiger partial charge < -0.3 is 4.57 Å². The van der Waals surface area contributed by atoms with Crippen LogP contribution in [0.3, 0.4) is 0 Å². The van der Waals surface area contributed by atoms with E-state index in [2.05, 4.69) is 10.3 Å². The molecule has 0 aliphatic carbocycles. The van der Waals surface area contributed by atoms with Gasteiger partial charge in [-0.05, 0) is 38.5 Å². The number of Topliss-reactive ketones (excluding diaryl/α,β-unsaturated/α-hetero) is 1. The molecule has 1 atom stereocenters. The average Bonchev–Trinajstić information content (AvgIpc) is 3.15. The highest BCUT2D eigenvalue weighted by Crippen LogP contribution is 2.29. The van der Waals surface area contributed by atoms with Gasteiger partial charge in [0, 0.05) is 23.0 Å². The number of benzene rings is 1. The first-order valence-electron chi connectivity index (χ1n) is 9.01. The average molecular weight is 400 g/mol. The second kappa shape index (κ2) is 6.66. The van der Waals surface area contributed by atoms with Gasteiger partial charge in [-0.15, -0.1) is 5.10 Å². The second-order valence-corrected chi connectivity index (χ2v) is 9.43. The molecule has 1 aliphatic heterocycles. The summed E-state index contributed by atoms with van der Waals surface area (Å²) in [5.41, 5.74) is 2.14. The normalized spacial score (nSPS) is 18.6. The Morgan fingerprint density at radius 1 is 1.25 bits per heavy atom. The Morgan fingerprint density at radius 3 is 2.71 bits per heavy atom. The van der Waals surface area contributed by atoms with Crippen LogP contribution in [0.15, 0.2) is 35.1 Å². The van der Waals surface area contributed by atoms with Gasteiger partial charge >= 0.3 is 0 Å². The molecule has 8 nitrogen and oxygen atoms in total. The van der Waals surface area contributed by atoms with Crippen molar-refractivity contribution in [2.75, 3.05) is 11.5 Å². The predicted octanol–water partition coefficient (Wildman–Crippen LogP) is 1.45. The highest BCUT2D eigenvalue weighted by atomic mass is 32.2. The molecule has 0 spiro atoms. The van der Waals surface area contributed by atoms with E-state index in [9.17, 15) is 18.0 Å². The van der Waals surface area contributed by atoms with Gasteiger partial charge in [0.25, 0.3) is 5.56 Å². The Balaban J connectivity index is 1.66. The van der Waals surface area contributed by atoms with Crippen LogP contribution < -0.4 is 5.56 Å². The zero-order valence-corrected chi connectivity index (χ0v) is 16.4. The van der Waals surface area contributed by atoms with E-state index in [1.54, 1.807) is 37.3 Å². The van der Waals surface area contributed by atoms with Gasteiger partial charge in [-0.25, -0.2) is 13.1 Å². The number of fused-ring (bicyclic) bond motifs is 1. The molecule has 0 bridgehead atoms. The third-order valence-corrected chi connectivity index (χ3v) is 7.03. The van der Waals surface area contributed by atoms with Gasteiger partial charge in [0.05, 0.1) is 16.9 Å². The van der Waals surface area contributed by atoms with Crippen LogP contribution in [-0.2, 0) is 16.4 Å². The van der Waals surface area contributed by atoms with Gasteiger partial charge in [0.1, 0.15) is 12.1 Å². The largest absolute Gasteiger partial charge is 0.344 e. The molecule has 1 saturated heterocycles. The van der Waals surface area contributed by atoms with Crippen molar-refractivity contribution in [2.24, 2.45) is 0 Å². The van der Waals surface area contributed by atoms with Gasteiger partial charge in [-0.3, -0.25) is 9.59 Å². The Kier molecular flexibility index (Phi) is 4.41. The van der Waals surface area contributed by atoms with Crippen molar-refractivity contribution in [3.63, 3.8) is 0 Å². The number of hydrogen-bond acceptors (Lipinski definition) is 6. The molecule has 1 aromatic carbocycles. The summed E-state index contributed by atoms with van der Waals surface area (Å²) in [6.45, 7) is 3.45. The van der Waals surface area contributed by atoms with Crippen molar-refractivity contribution in [3.8, 4) is 0 Å². The zero-order valence-electron chi connectivity index (χ0n) is 15.6. The Morgan fingerprint density at radius 2 is 2.00 bits per heavy atom. The Labute approximate surface area is 161 Å². The van der Waals surface area contributed by atoms with Gasteiger partial charge in [-0.2, -0.15) is 0 Å². The van der Waals surface area contributed by atoms with Crippen LogP contribution >= 0.6 is 0 Å². The molecule has 28 heavy (non-hydrogen) atoms. The van der Waals surface area contributed by atoms with Crippen LogP contribution in [0.4, 0.5) is 0 Å². The van der Waals surface area contributed by atoms with Gasteiger partial charge in [0.15, 0.2) is 15.6 Å². The molecule has 2 aromatic heterocycles. The van der Waals surface area contributed by atoms with Crippen molar-refractivity contribution < 1.29 is 13.2 Å².